The van der Waals surface area contributed by atoms with Crippen LogP contribution in [0.1, 0.15) is 12.0 Å². The van der Waals surface area contributed by atoms with E-state index in [4.69, 9.17) is 10.8 Å². The Morgan fingerprint density at radius 1 is 1.47 bits per heavy atom. The second-order valence-corrected chi connectivity index (χ2v) is 4.63. The highest BCUT2D eigenvalue weighted by atomic mass is 32.2. The summed E-state index contributed by atoms with van der Waals surface area (Å²) in [6.07, 6.45) is 0.303. The molecule has 3 N–H and O–H groups in total. The van der Waals surface area contributed by atoms with Gasteiger partial charge in [-0.3, -0.25) is 4.79 Å². The monoisotopic (exact) mass is 261 g/mol. The van der Waals surface area contributed by atoms with Gasteiger partial charge >= 0.3 is 5.97 Å². The maximum atomic E-state index is 13.2. The molecule has 0 heterocycles. The third kappa shape index (κ3) is 4.70. The zero-order chi connectivity index (χ0) is 12.8. The molecule has 1 atom stereocenters. The Morgan fingerprint density at radius 2 is 2.18 bits per heavy atom. The SMILES string of the molecule is NC(CCSCc1cc(F)ccc1F)C(=O)O. The smallest absolute Gasteiger partial charge is 0.320 e. The highest BCUT2D eigenvalue weighted by Crippen LogP contribution is 2.17. The number of rotatable bonds is 6. The number of hydrogen-bond donors (Lipinski definition) is 2. The molecular formula is C11H13F2NO2S. The van der Waals surface area contributed by atoms with Crippen molar-refractivity contribution in [1.29, 1.82) is 0 Å². The van der Waals surface area contributed by atoms with Crippen LogP contribution in [0.15, 0.2) is 18.2 Å². The van der Waals surface area contributed by atoms with Gasteiger partial charge in [-0.05, 0) is 30.4 Å². The van der Waals surface area contributed by atoms with Crippen LogP contribution in [0.2, 0.25) is 0 Å². The van der Waals surface area contributed by atoms with Gasteiger partial charge in [0, 0.05) is 11.3 Å². The van der Waals surface area contributed by atoms with Crippen LogP contribution in [-0.2, 0) is 10.5 Å². The molecule has 3 nitrogen and oxygen atoms in total. The average Bonchev–Trinajstić information content (AvgIpc) is 2.28. The Labute approximate surface area is 102 Å². The maximum Gasteiger partial charge on any atom is 0.320 e. The number of thioether (sulfide) groups is 1. The summed E-state index contributed by atoms with van der Waals surface area (Å²) in [4.78, 5) is 10.4. The summed E-state index contributed by atoms with van der Waals surface area (Å²) >= 11 is 1.32. The molecule has 0 fully saturated rings. The van der Waals surface area contributed by atoms with Crippen molar-refractivity contribution in [3.05, 3.63) is 35.4 Å². The van der Waals surface area contributed by atoms with Crippen molar-refractivity contribution >= 4 is 17.7 Å². The van der Waals surface area contributed by atoms with Crippen molar-refractivity contribution in [2.75, 3.05) is 5.75 Å². The fourth-order valence-corrected chi connectivity index (χ4v) is 2.18. The predicted octanol–water partition coefficient (Wildman–Crippen LogP) is 2.00. The van der Waals surface area contributed by atoms with Crippen molar-refractivity contribution < 1.29 is 18.7 Å². The lowest BCUT2D eigenvalue weighted by Gasteiger charge is -2.06. The Morgan fingerprint density at radius 3 is 2.82 bits per heavy atom. The van der Waals surface area contributed by atoms with Gasteiger partial charge in [-0.1, -0.05) is 0 Å². The van der Waals surface area contributed by atoms with Crippen LogP contribution in [0.25, 0.3) is 0 Å². The van der Waals surface area contributed by atoms with Crippen LogP contribution < -0.4 is 5.73 Å². The first-order chi connectivity index (χ1) is 8.00. The van der Waals surface area contributed by atoms with Crippen LogP contribution in [0.4, 0.5) is 8.78 Å². The number of benzene rings is 1. The minimum atomic E-state index is -1.05. The van der Waals surface area contributed by atoms with Crippen LogP contribution in [0, 0.1) is 11.6 Å². The third-order valence-corrected chi connectivity index (χ3v) is 3.20. The Bertz CT molecular complexity index is 401. The van der Waals surface area contributed by atoms with Crippen LogP contribution in [-0.4, -0.2) is 22.9 Å². The van der Waals surface area contributed by atoms with E-state index < -0.39 is 23.6 Å². The largest absolute Gasteiger partial charge is 0.480 e. The van der Waals surface area contributed by atoms with Crippen LogP contribution in [0.3, 0.4) is 0 Å². The molecule has 6 heteroatoms. The van der Waals surface area contributed by atoms with E-state index in [1.54, 1.807) is 0 Å². The number of aliphatic carboxylic acids is 1. The van der Waals surface area contributed by atoms with Gasteiger partial charge < -0.3 is 10.8 Å². The molecule has 0 bridgehead atoms. The van der Waals surface area contributed by atoms with Crippen molar-refractivity contribution in [3.8, 4) is 0 Å². The third-order valence-electron chi connectivity index (χ3n) is 2.16. The molecule has 0 aliphatic heterocycles. The average molecular weight is 261 g/mol. The van der Waals surface area contributed by atoms with E-state index in [1.165, 1.54) is 11.8 Å². The summed E-state index contributed by atoms with van der Waals surface area (Å²) in [5.41, 5.74) is 5.58. The normalized spacial score (nSPS) is 12.4. The molecule has 1 aromatic carbocycles. The zero-order valence-corrected chi connectivity index (χ0v) is 9.84. The van der Waals surface area contributed by atoms with Gasteiger partial charge in [-0.15, -0.1) is 0 Å². The van der Waals surface area contributed by atoms with E-state index in [-0.39, 0.29) is 5.56 Å². The molecule has 1 unspecified atom stereocenters. The van der Waals surface area contributed by atoms with E-state index in [2.05, 4.69) is 0 Å². The quantitative estimate of drug-likeness (QED) is 0.769. The standard InChI is InChI=1S/C11H13F2NO2S/c12-8-1-2-9(13)7(5-8)6-17-4-3-10(14)11(15)16/h1-2,5,10H,3-4,6,14H2,(H,15,16). The minimum absolute atomic E-state index is 0.277. The molecule has 1 aromatic rings. The Kier molecular flexibility index (Phi) is 5.37. The molecule has 0 saturated carbocycles. The molecule has 0 radical (unpaired) electrons. The fourth-order valence-electron chi connectivity index (χ4n) is 1.17. The first-order valence-electron chi connectivity index (χ1n) is 5.00. The summed E-state index contributed by atoms with van der Waals surface area (Å²) < 4.78 is 26.0. The second-order valence-electron chi connectivity index (χ2n) is 3.52. The first kappa shape index (κ1) is 13.9. The van der Waals surface area contributed by atoms with Crippen LogP contribution >= 0.6 is 11.8 Å². The number of carboxylic acids is 1. The molecule has 0 aliphatic carbocycles. The summed E-state index contributed by atoms with van der Waals surface area (Å²) in [6, 6.07) is 2.37. The topological polar surface area (TPSA) is 63.3 Å². The van der Waals surface area contributed by atoms with Gasteiger partial charge in [-0.2, -0.15) is 11.8 Å². The number of carboxylic acid groups (broad SMARTS) is 1. The highest BCUT2D eigenvalue weighted by molar-refractivity contribution is 7.98. The first-order valence-corrected chi connectivity index (χ1v) is 6.16. The molecular weight excluding hydrogens is 248 g/mol. The van der Waals surface area contributed by atoms with Gasteiger partial charge in [0.15, 0.2) is 0 Å². The lowest BCUT2D eigenvalue weighted by molar-refractivity contribution is -0.138. The minimum Gasteiger partial charge on any atom is -0.480 e. The molecule has 0 aliphatic rings. The van der Waals surface area contributed by atoms with Gasteiger partial charge in [-0.25, -0.2) is 8.78 Å². The van der Waals surface area contributed by atoms with Crippen molar-refractivity contribution in [1.82, 2.24) is 0 Å². The number of carbonyl (C=O) groups is 1. The Balaban J connectivity index is 2.36. The van der Waals surface area contributed by atoms with E-state index in [9.17, 15) is 13.6 Å². The Hall–Kier alpha value is -1.14. The summed E-state index contributed by atoms with van der Waals surface area (Å²) in [5, 5.41) is 8.54. The molecule has 0 amide bonds. The molecule has 17 heavy (non-hydrogen) atoms. The number of halogens is 2. The van der Waals surface area contributed by atoms with Crippen molar-refractivity contribution in [2.45, 2.75) is 18.2 Å². The van der Waals surface area contributed by atoms with Gasteiger partial charge in [0.2, 0.25) is 0 Å². The van der Waals surface area contributed by atoms with E-state index in [0.29, 0.717) is 17.9 Å². The van der Waals surface area contributed by atoms with E-state index in [0.717, 1.165) is 18.2 Å². The van der Waals surface area contributed by atoms with Crippen LogP contribution in [0.5, 0.6) is 0 Å². The zero-order valence-electron chi connectivity index (χ0n) is 9.03. The maximum absolute atomic E-state index is 13.2. The highest BCUT2D eigenvalue weighted by Gasteiger charge is 2.11. The van der Waals surface area contributed by atoms with E-state index >= 15 is 0 Å². The number of nitrogens with two attached hydrogens (primary N) is 1. The van der Waals surface area contributed by atoms with Crippen molar-refractivity contribution in [2.24, 2.45) is 5.73 Å². The predicted molar refractivity (Wildman–Crippen MR) is 62.7 cm³/mol. The molecule has 0 aromatic heterocycles. The number of hydrogen-bond acceptors (Lipinski definition) is 3. The van der Waals surface area contributed by atoms with Gasteiger partial charge in [0.1, 0.15) is 17.7 Å². The fraction of sp³-hybridized carbons (Fsp3) is 0.364. The van der Waals surface area contributed by atoms with Gasteiger partial charge in [0.05, 0.1) is 0 Å². The lowest BCUT2D eigenvalue weighted by Crippen LogP contribution is -2.30. The molecule has 0 spiro atoms. The summed E-state index contributed by atoms with van der Waals surface area (Å²) in [5.74, 6) is -1.20. The van der Waals surface area contributed by atoms with E-state index in [1.807, 2.05) is 0 Å². The summed E-state index contributed by atoms with van der Waals surface area (Å²) in [7, 11) is 0. The van der Waals surface area contributed by atoms with Gasteiger partial charge in [0.25, 0.3) is 0 Å². The molecule has 94 valence electrons. The molecule has 1 rings (SSSR count). The summed E-state index contributed by atoms with van der Waals surface area (Å²) in [6.45, 7) is 0. The molecule has 0 saturated heterocycles. The lowest BCUT2D eigenvalue weighted by atomic mass is 10.2. The second kappa shape index (κ2) is 6.56. The van der Waals surface area contributed by atoms with Crippen molar-refractivity contribution in [3.63, 3.8) is 0 Å².